The molecular formula is C56H95NO8. The maximum absolute atomic E-state index is 12.8. The molecule has 0 radical (unpaired) electrons. The van der Waals surface area contributed by atoms with Crippen LogP contribution in [0.25, 0.3) is 0 Å². The van der Waals surface area contributed by atoms with Gasteiger partial charge in [0, 0.05) is 6.42 Å². The van der Waals surface area contributed by atoms with Gasteiger partial charge in [-0.1, -0.05) is 207 Å². The van der Waals surface area contributed by atoms with E-state index in [1.54, 1.807) is 0 Å². The van der Waals surface area contributed by atoms with E-state index in [0.717, 1.165) is 89.9 Å². The molecule has 1 saturated heterocycles. The molecule has 0 aromatic carbocycles. The molecule has 0 aliphatic carbocycles. The minimum Gasteiger partial charge on any atom is -0.394 e. The fourth-order valence-corrected chi connectivity index (χ4v) is 7.59. The van der Waals surface area contributed by atoms with Gasteiger partial charge in [0.25, 0.3) is 0 Å². The minimum atomic E-state index is -1.55. The van der Waals surface area contributed by atoms with Crippen LogP contribution in [0, 0.1) is 0 Å². The van der Waals surface area contributed by atoms with Crippen LogP contribution in [0.3, 0.4) is 0 Å². The van der Waals surface area contributed by atoms with Crippen molar-refractivity contribution in [2.45, 2.75) is 236 Å². The molecule has 1 heterocycles. The number of aliphatic hydroxyl groups excluding tert-OH is 5. The number of hydrogen-bond donors (Lipinski definition) is 6. The van der Waals surface area contributed by atoms with Crippen LogP contribution in [0.4, 0.5) is 0 Å². The van der Waals surface area contributed by atoms with Gasteiger partial charge in [0.1, 0.15) is 24.4 Å². The van der Waals surface area contributed by atoms with Crippen molar-refractivity contribution in [2.75, 3.05) is 13.2 Å². The summed E-state index contributed by atoms with van der Waals surface area (Å²) in [6.07, 6.45) is 58.3. The standard InChI is InChI=1S/C56H95NO8/c1-3-5-7-8-9-10-11-12-13-14-15-16-17-18-19-20-21-22-23-24-25-26-27-28-29-30-31-32-33-34-35-36-37-38-39-40-41-42-44-46-52(60)57-49(50(59)45-43-6-4-2)48-64-56-55(63)54(62)53(61)51(47-58)65-56/h5,7,9-10,12-13,15-16,18-19,21-22,24-25,27-28,49-51,53-56,58-59,61-63H,3-4,6,8,11,14,17,20,23,26,29-48H2,1-2H3,(H,57,60)/b7-5-,10-9-,13-12-,16-15-,19-18-,22-21-,25-24-,28-27-. The maximum atomic E-state index is 12.8. The number of unbranched alkanes of at least 4 members (excludes halogenated alkanes) is 16. The van der Waals surface area contributed by atoms with Gasteiger partial charge in [-0.15, -0.1) is 0 Å². The van der Waals surface area contributed by atoms with E-state index in [0.29, 0.717) is 12.8 Å². The molecule has 1 fully saturated rings. The van der Waals surface area contributed by atoms with Crippen molar-refractivity contribution < 1.29 is 39.8 Å². The summed E-state index contributed by atoms with van der Waals surface area (Å²) >= 11 is 0. The zero-order chi connectivity index (χ0) is 47.3. The average molecular weight is 910 g/mol. The number of rotatable bonds is 42. The Balaban J connectivity index is 1.98. The van der Waals surface area contributed by atoms with E-state index in [-0.39, 0.29) is 12.5 Å². The fourth-order valence-electron chi connectivity index (χ4n) is 7.59. The summed E-state index contributed by atoms with van der Waals surface area (Å²) in [6.45, 7) is 3.54. The Morgan fingerprint density at radius 1 is 0.538 bits per heavy atom. The summed E-state index contributed by atoms with van der Waals surface area (Å²) in [5.41, 5.74) is 0. The van der Waals surface area contributed by atoms with Crippen LogP contribution in [0.1, 0.15) is 194 Å². The lowest BCUT2D eigenvalue weighted by Crippen LogP contribution is -2.60. The van der Waals surface area contributed by atoms with Gasteiger partial charge >= 0.3 is 0 Å². The van der Waals surface area contributed by atoms with Crippen molar-refractivity contribution in [1.82, 2.24) is 5.32 Å². The number of carbonyl (C=O) groups is 1. The van der Waals surface area contributed by atoms with Crippen molar-refractivity contribution >= 4 is 5.91 Å². The van der Waals surface area contributed by atoms with Crippen LogP contribution in [-0.4, -0.2) is 87.5 Å². The van der Waals surface area contributed by atoms with E-state index in [1.807, 2.05) is 0 Å². The van der Waals surface area contributed by atoms with E-state index >= 15 is 0 Å². The van der Waals surface area contributed by atoms with E-state index in [9.17, 15) is 30.3 Å². The summed E-state index contributed by atoms with van der Waals surface area (Å²) < 4.78 is 11.1. The van der Waals surface area contributed by atoms with Gasteiger partial charge in [-0.05, 0) is 77.0 Å². The molecule has 0 aromatic rings. The Kier molecular flexibility index (Phi) is 41.6. The molecule has 7 unspecified atom stereocenters. The van der Waals surface area contributed by atoms with Gasteiger partial charge in [-0.2, -0.15) is 0 Å². The molecule has 0 saturated carbocycles. The van der Waals surface area contributed by atoms with Crippen molar-refractivity contribution in [3.05, 3.63) is 97.2 Å². The number of hydrogen-bond acceptors (Lipinski definition) is 8. The Morgan fingerprint density at radius 2 is 0.954 bits per heavy atom. The molecule has 1 rings (SSSR count). The second-order valence-electron chi connectivity index (χ2n) is 17.6. The highest BCUT2D eigenvalue weighted by molar-refractivity contribution is 5.76. The second-order valence-corrected chi connectivity index (χ2v) is 17.6. The topological polar surface area (TPSA) is 149 Å². The Labute approximate surface area is 396 Å². The Morgan fingerprint density at radius 3 is 1.38 bits per heavy atom. The molecule has 9 nitrogen and oxygen atoms in total. The third kappa shape index (κ3) is 35.0. The van der Waals surface area contributed by atoms with Crippen LogP contribution in [-0.2, 0) is 14.3 Å². The highest BCUT2D eigenvalue weighted by Crippen LogP contribution is 2.23. The summed E-state index contributed by atoms with van der Waals surface area (Å²) in [6, 6.07) is -0.719. The lowest BCUT2D eigenvalue weighted by Gasteiger charge is -2.40. The number of nitrogens with one attached hydrogen (secondary N) is 1. The van der Waals surface area contributed by atoms with Crippen LogP contribution in [0.5, 0.6) is 0 Å². The molecule has 0 bridgehead atoms. The SMILES string of the molecule is CC/C=C\C/C=C\C/C=C\C/C=C\C/C=C\C/C=C\C/C=C\C/C=C\CCCCCCCCCCCCCCCCC(=O)NC(COC1OC(CO)C(O)C(O)C1O)C(O)CCCCC. The molecule has 1 aliphatic rings. The first-order valence-corrected chi connectivity index (χ1v) is 25.9. The van der Waals surface area contributed by atoms with Crippen molar-refractivity contribution in [2.24, 2.45) is 0 Å². The van der Waals surface area contributed by atoms with E-state index < -0.39 is 49.5 Å². The molecule has 9 heteroatoms. The molecule has 1 amide bonds. The van der Waals surface area contributed by atoms with Crippen molar-refractivity contribution in [1.29, 1.82) is 0 Å². The molecule has 372 valence electrons. The van der Waals surface area contributed by atoms with E-state index in [2.05, 4.69) is 116 Å². The third-order valence-electron chi connectivity index (χ3n) is 11.7. The van der Waals surface area contributed by atoms with Crippen LogP contribution in [0.2, 0.25) is 0 Å². The summed E-state index contributed by atoms with van der Waals surface area (Å²) in [5, 5.41) is 53.6. The first kappa shape index (κ1) is 60.1. The average Bonchev–Trinajstić information content (AvgIpc) is 3.30. The smallest absolute Gasteiger partial charge is 0.220 e. The highest BCUT2D eigenvalue weighted by Gasteiger charge is 2.44. The number of amides is 1. The number of carbonyl (C=O) groups excluding carboxylic acids is 1. The van der Waals surface area contributed by atoms with Crippen LogP contribution in [0.15, 0.2) is 97.2 Å². The van der Waals surface area contributed by atoms with Gasteiger partial charge in [0.2, 0.25) is 5.91 Å². The predicted octanol–water partition coefficient (Wildman–Crippen LogP) is 12.1. The zero-order valence-electron chi connectivity index (χ0n) is 41.0. The van der Waals surface area contributed by atoms with Gasteiger partial charge < -0.3 is 40.3 Å². The normalized spacial score (nSPS) is 20.8. The molecule has 7 atom stereocenters. The Bertz CT molecular complexity index is 1330. The number of aliphatic hydroxyl groups is 5. The molecule has 0 aromatic heterocycles. The van der Waals surface area contributed by atoms with Crippen LogP contribution < -0.4 is 5.32 Å². The summed E-state index contributed by atoms with van der Waals surface area (Å²) in [7, 11) is 0. The molecule has 1 aliphatic heterocycles. The Hall–Kier alpha value is -2.89. The minimum absolute atomic E-state index is 0.146. The van der Waals surface area contributed by atoms with Gasteiger partial charge in [0.05, 0.1) is 25.4 Å². The monoisotopic (exact) mass is 910 g/mol. The first-order valence-electron chi connectivity index (χ1n) is 25.9. The summed E-state index contributed by atoms with van der Waals surface area (Å²) in [5.74, 6) is -0.161. The van der Waals surface area contributed by atoms with Crippen LogP contribution >= 0.6 is 0 Å². The zero-order valence-corrected chi connectivity index (χ0v) is 41.0. The second kappa shape index (κ2) is 44.9. The highest BCUT2D eigenvalue weighted by atomic mass is 16.7. The third-order valence-corrected chi connectivity index (χ3v) is 11.7. The lowest BCUT2D eigenvalue weighted by atomic mass is 9.99. The number of ether oxygens (including phenoxy) is 2. The molecule has 0 spiro atoms. The summed E-state index contributed by atoms with van der Waals surface area (Å²) in [4.78, 5) is 12.8. The van der Waals surface area contributed by atoms with E-state index in [1.165, 1.54) is 77.0 Å². The van der Waals surface area contributed by atoms with Gasteiger partial charge in [-0.3, -0.25) is 4.79 Å². The number of allylic oxidation sites excluding steroid dienone is 16. The quantitative estimate of drug-likeness (QED) is 0.0262. The van der Waals surface area contributed by atoms with Gasteiger partial charge in [0.15, 0.2) is 6.29 Å². The fraction of sp³-hybridized carbons (Fsp3) is 0.696. The largest absolute Gasteiger partial charge is 0.394 e. The first-order chi connectivity index (χ1) is 31.8. The van der Waals surface area contributed by atoms with Crippen molar-refractivity contribution in [3.63, 3.8) is 0 Å². The molecule has 6 N–H and O–H groups in total. The molecular weight excluding hydrogens is 815 g/mol. The lowest BCUT2D eigenvalue weighted by molar-refractivity contribution is -0.302. The van der Waals surface area contributed by atoms with Crippen molar-refractivity contribution in [3.8, 4) is 0 Å². The van der Waals surface area contributed by atoms with Gasteiger partial charge in [-0.25, -0.2) is 0 Å². The molecule has 65 heavy (non-hydrogen) atoms. The maximum Gasteiger partial charge on any atom is 0.220 e. The van der Waals surface area contributed by atoms with E-state index in [4.69, 9.17) is 9.47 Å². The predicted molar refractivity (Wildman–Crippen MR) is 271 cm³/mol.